The van der Waals surface area contributed by atoms with E-state index in [9.17, 15) is 9.59 Å². The number of nitrogens with one attached hydrogen (secondary N) is 1. The van der Waals surface area contributed by atoms with Gasteiger partial charge in [0.25, 0.3) is 5.91 Å². The third kappa shape index (κ3) is 3.21. The van der Waals surface area contributed by atoms with Crippen molar-refractivity contribution in [3.63, 3.8) is 0 Å². The van der Waals surface area contributed by atoms with E-state index in [0.29, 0.717) is 23.5 Å². The Morgan fingerprint density at radius 1 is 1.15 bits per heavy atom. The van der Waals surface area contributed by atoms with Crippen LogP contribution in [0.3, 0.4) is 0 Å². The number of urea groups is 1. The molecule has 2 aromatic rings. The first-order valence-electron chi connectivity index (χ1n) is 8.15. The second-order valence-corrected chi connectivity index (χ2v) is 5.92. The van der Waals surface area contributed by atoms with Gasteiger partial charge in [0.15, 0.2) is 0 Å². The number of hydrogen-bond donors (Lipinski definition) is 1. The molecule has 0 spiro atoms. The van der Waals surface area contributed by atoms with E-state index in [0.717, 1.165) is 5.01 Å². The number of benzene rings is 2. The molecule has 2 aromatic carbocycles. The van der Waals surface area contributed by atoms with Crippen molar-refractivity contribution in [1.82, 2.24) is 10.3 Å². The van der Waals surface area contributed by atoms with Gasteiger partial charge >= 0.3 is 6.03 Å². The summed E-state index contributed by atoms with van der Waals surface area (Å²) in [5.41, 5.74) is 0.211. The third-order valence-electron chi connectivity index (χ3n) is 4.11. The molecule has 1 heterocycles. The van der Waals surface area contributed by atoms with Crippen molar-refractivity contribution in [2.45, 2.75) is 12.5 Å². The zero-order valence-corrected chi connectivity index (χ0v) is 14.4. The second-order valence-electron chi connectivity index (χ2n) is 5.92. The van der Waals surface area contributed by atoms with Crippen LogP contribution in [-0.4, -0.2) is 29.8 Å². The lowest BCUT2D eigenvalue weighted by molar-refractivity contribution is -0.131. The van der Waals surface area contributed by atoms with E-state index in [2.05, 4.69) is 17.0 Å². The Morgan fingerprint density at radius 3 is 2.58 bits per heavy atom. The van der Waals surface area contributed by atoms with Crippen LogP contribution in [0.1, 0.15) is 18.1 Å². The maximum absolute atomic E-state index is 12.8. The van der Waals surface area contributed by atoms with Crippen molar-refractivity contribution < 1.29 is 14.3 Å². The summed E-state index contributed by atoms with van der Waals surface area (Å²) >= 11 is 0. The summed E-state index contributed by atoms with van der Waals surface area (Å²) in [6.45, 7) is 5.63. The number of rotatable bonds is 6. The maximum atomic E-state index is 12.8. The predicted molar refractivity (Wildman–Crippen MR) is 98.9 cm³/mol. The first-order valence-corrected chi connectivity index (χ1v) is 8.15. The number of para-hydroxylation sites is 1. The Morgan fingerprint density at radius 2 is 1.85 bits per heavy atom. The molecule has 6 nitrogen and oxygen atoms in total. The third-order valence-corrected chi connectivity index (χ3v) is 4.11. The zero-order valence-electron chi connectivity index (χ0n) is 14.4. The number of imide groups is 1. The highest BCUT2D eigenvalue weighted by molar-refractivity contribution is 6.07. The van der Waals surface area contributed by atoms with Gasteiger partial charge in [0, 0.05) is 5.56 Å². The largest absolute Gasteiger partial charge is 0.489 e. The minimum absolute atomic E-state index is 0.347. The Hall–Kier alpha value is -3.41. The Kier molecular flexibility index (Phi) is 4.84. The number of carbonyl (C=O) groups is 2. The van der Waals surface area contributed by atoms with Crippen LogP contribution in [0, 0.1) is 0 Å². The number of amides is 3. The molecule has 1 unspecified atom stereocenters. The van der Waals surface area contributed by atoms with Gasteiger partial charge in [0.1, 0.15) is 17.9 Å². The average molecular weight is 349 g/mol. The normalized spacial score (nSPS) is 19.7. The standard InChI is InChI=1S/C20H19N3O3/c1-3-13-26-17-12-8-7-9-15(17)14-21-23-18(24)20(2,22-19(23)25)16-10-5-4-6-11-16/h3-12,14H,1,13H2,2H3,(H,22,25)/b21-14+. The molecule has 1 fully saturated rings. The molecule has 26 heavy (non-hydrogen) atoms. The molecule has 0 aliphatic carbocycles. The molecular weight excluding hydrogens is 330 g/mol. The van der Waals surface area contributed by atoms with E-state index in [1.165, 1.54) is 6.21 Å². The van der Waals surface area contributed by atoms with Gasteiger partial charge in [0.2, 0.25) is 0 Å². The number of hydrogen-bond acceptors (Lipinski definition) is 4. The minimum atomic E-state index is -1.14. The van der Waals surface area contributed by atoms with Crippen molar-refractivity contribution in [2.75, 3.05) is 6.61 Å². The summed E-state index contributed by atoms with van der Waals surface area (Å²) < 4.78 is 5.55. The summed E-state index contributed by atoms with van der Waals surface area (Å²) in [5.74, 6) is 0.156. The van der Waals surface area contributed by atoms with Crippen molar-refractivity contribution in [1.29, 1.82) is 0 Å². The number of carbonyl (C=O) groups excluding carboxylic acids is 2. The smallest absolute Gasteiger partial charge is 0.346 e. The fraction of sp³-hybridized carbons (Fsp3) is 0.150. The lowest BCUT2D eigenvalue weighted by Gasteiger charge is -2.20. The Bertz CT molecular complexity index is 864. The van der Waals surface area contributed by atoms with E-state index in [-0.39, 0.29) is 0 Å². The van der Waals surface area contributed by atoms with Crippen molar-refractivity contribution in [3.8, 4) is 5.75 Å². The molecule has 0 aromatic heterocycles. The van der Waals surface area contributed by atoms with Crippen LogP contribution in [0.15, 0.2) is 72.4 Å². The van der Waals surface area contributed by atoms with Gasteiger partial charge in [0.05, 0.1) is 6.21 Å². The van der Waals surface area contributed by atoms with Gasteiger partial charge < -0.3 is 10.1 Å². The molecule has 0 bridgehead atoms. The fourth-order valence-electron chi connectivity index (χ4n) is 2.68. The van der Waals surface area contributed by atoms with Gasteiger partial charge in [-0.05, 0) is 24.6 Å². The first kappa shape index (κ1) is 17.4. The van der Waals surface area contributed by atoms with E-state index >= 15 is 0 Å². The average Bonchev–Trinajstić information content (AvgIpc) is 2.89. The lowest BCUT2D eigenvalue weighted by atomic mass is 9.92. The fourth-order valence-corrected chi connectivity index (χ4v) is 2.68. The Labute approximate surface area is 151 Å². The lowest BCUT2D eigenvalue weighted by Crippen LogP contribution is -2.40. The summed E-state index contributed by atoms with van der Waals surface area (Å²) in [5, 5.41) is 7.64. The highest BCUT2D eigenvalue weighted by atomic mass is 16.5. The second kappa shape index (κ2) is 7.23. The molecule has 1 atom stereocenters. The number of hydrazone groups is 1. The van der Waals surface area contributed by atoms with Crippen molar-refractivity contribution in [3.05, 3.63) is 78.4 Å². The van der Waals surface area contributed by atoms with E-state index in [1.54, 1.807) is 37.3 Å². The molecule has 1 aliphatic heterocycles. The van der Waals surface area contributed by atoms with Gasteiger partial charge in [-0.1, -0.05) is 55.1 Å². The summed E-state index contributed by atoms with van der Waals surface area (Å²) in [6.07, 6.45) is 3.07. The van der Waals surface area contributed by atoms with Gasteiger partial charge in [-0.3, -0.25) is 4.79 Å². The molecule has 0 saturated carbocycles. The summed E-state index contributed by atoms with van der Waals surface area (Å²) in [6, 6.07) is 15.7. The van der Waals surface area contributed by atoms with Crippen LogP contribution in [0.2, 0.25) is 0 Å². The Balaban J connectivity index is 1.85. The monoisotopic (exact) mass is 349 g/mol. The van der Waals surface area contributed by atoms with E-state index in [1.807, 2.05) is 30.3 Å². The molecule has 1 saturated heterocycles. The summed E-state index contributed by atoms with van der Waals surface area (Å²) in [7, 11) is 0. The van der Waals surface area contributed by atoms with E-state index in [4.69, 9.17) is 4.74 Å². The van der Waals surface area contributed by atoms with Crippen LogP contribution in [0.4, 0.5) is 4.79 Å². The van der Waals surface area contributed by atoms with Gasteiger partial charge in [-0.15, -0.1) is 5.01 Å². The van der Waals surface area contributed by atoms with Crippen LogP contribution in [-0.2, 0) is 10.3 Å². The molecule has 1 aliphatic rings. The quantitative estimate of drug-likeness (QED) is 0.495. The zero-order chi connectivity index (χ0) is 18.6. The maximum Gasteiger partial charge on any atom is 0.346 e. The number of ether oxygens (including phenoxy) is 1. The SMILES string of the molecule is C=CCOc1ccccc1/C=N/N1C(=O)NC(C)(c2ccccc2)C1=O. The van der Waals surface area contributed by atoms with Gasteiger partial charge in [-0.2, -0.15) is 5.10 Å². The molecule has 1 N–H and O–H groups in total. The van der Waals surface area contributed by atoms with Gasteiger partial charge in [-0.25, -0.2) is 4.79 Å². The van der Waals surface area contributed by atoms with Crippen LogP contribution >= 0.6 is 0 Å². The predicted octanol–water partition coefficient (Wildman–Crippen LogP) is 3.05. The molecule has 132 valence electrons. The molecule has 3 amide bonds. The highest BCUT2D eigenvalue weighted by Gasteiger charge is 2.49. The molecule has 6 heteroatoms. The van der Waals surface area contributed by atoms with Crippen molar-refractivity contribution in [2.24, 2.45) is 5.10 Å². The molecular formula is C20H19N3O3. The van der Waals surface area contributed by atoms with E-state index < -0.39 is 17.5 Å². The van der Waals surface area contributed by atoms with Crippen LogP contribution in [0.25, 0.3) is 0 Å². The van der Waals surface area contributed by atoms with Crippen molar-refractivity contribution >= 4 is 18.2 Å². The van der Waals surface area contributed by atoms with Crippen LogP contribution < -0.4 is 10.1 Å². The number of nitrogens with zero attached hydrogens (tertiary/aromatic N) is 2. The van der Waals surface area contributed by atoms with Crippen LogP contribution in [0.5, 0.6) is 5.75 Å². The molecule has 3 rings (SSSR count). The minimum Gasteiger partial charge on any atom is -0.489 e. The topological polar surface area (TPSA) is 71.0 Å². The summed E-state index contributed by atoms with van der Waals surface area (Å²) in [4.78, 5) is 25.1. The highest BCUT2D eigenvalue weighted by Crippen LogP contribution is 2.28. The molecule has 0 radical (unpaired) electrons. The first-order chi connectivity index (χ1) is 12.6.